The Labute approximate surface area is 113 Å². The number of carbonyl (C=O) groups is 1. The van der Waals surface area contributed by atoms with Crippen molar-refractivity contribution in [2.45, 2.75) is 23.2 Å². The van der Waals surface area contributed by atoms with Crippen molar-refractivity contribution < 1.29 is 51.2 Å². The van der Waals surface area contributed by atoms with Crippen LogP contribution in [0.4, 0.5) is 0 Å². The second-order valence-electron chi connectivity index (χ2n) is 3.63. The molecule has 0 aliphatic heterocycles. The van der Waals surface area contributed by atoms with Gasteiger partial charge >= 0.3 is 10.3 Å². The third kappa shape index (κ3) is 4.14. The normalized spacial score (nSPS) is 20.7. The Morgan fingerprint density at radius 3 is 1.85 bits per heavy atom. The van der Waals surface area contributed by atoms with Crippen LogP contribution in [0.2, 0.25) is 0 Å². The van der Waals surface area contributed by atoms with Crippen LogP contribution in [0, 0.1) is 0 Å². The van der Waals surface area contributed by atoms with E-state index in [-0.39, 0.29) is 0 Å². The first-order valence-corrected chi connectivity index (χ1v) is 7.55. The number of aldehydes is 1. The average molecular weight is 339 g/mol. The highest BCUT2D eigenvalue weighted by Crippen LogP contribution is 2.24. The molecule has 0 bridgehead atoms. The lowest BCUT2D eigenvalue weighted by Crippen LogP contribution is -2.66. The van der Waals surface area contributed by atoms with Gasteiger partial charge < -0.3 is 25.2 Å². The fourth-order valence-corrected chi connectivity index (χ4v) is 2.77. The zero-order chi connectivity index (χ0) is 16.4. The molecule has 0 aromatic carbocycles. The Morgan fingerprint density at radius 2 is 1.60 bits per heavy atom. The number of rotatable bonds is 8. The van der Waals surface area contributed by atoms with E-state index in [0.29, 0.717) is 0 Å². The van der Waals surface area contributed by atoms with E-state index in [1.54, 1.807) is 0 Å². The topological polar surface area (TPSA) is 219 Å². The molecule has 20 heavy (non-hydrogen) atoms. The molecule has 0 saturated heterocycles. The molecule has 0 fully saturated rings. The summed E-state index contributed by atoms with van der Waals surface area (Å²) >= 11 is 0. The van der Waals surface area contributed by atoms with Crippen molar-refractivity contribution in [1.29, 1.82) is 0 Å². The van der Waals surface area contributed by atoms with Crippen LogP contribution < -0.4 is 4.72 Å². The molecule has 0 heterocycles. The molecule has 4 atom stereocenters. The van der Waals surface area contributed by atoms with Crippen LogP contribution in [0.1, 0.15) is 0 Å². The maximum atomic E-state index is 11.1. The minimum Gasteiger partial charge on any atom is -0.394 e. The van der Waals surface area contributed by atoms with E-state index in [1.807, 2.05) is 0 Å². The molecule has 0 saturated carbocycles. The largest absolute Gasteiger partial charge is 0.394 e. The van der Waals surface area contributed by atoms with Gasteiger partial charge in [-0.15, -0.1) is 0 Å². The average Bonchev–Trinajstić information content (AvgIpc) is 2.30. The van der Waals surface area contributed by atoms with Crippen molar-refractivity contribution in [3.63, 3.8) is 0 Å². The second kappa shape index (κ2) is 6.37. The van der Waals surface area contributed by atoms with Gasteiger partial charge in [-0.1, -0.05) is 0 Å². The van der Waals surface area contributed by atoms with E-state index in [9.17, 15) is 31.8 Å². The second-order valence-corrected chi connectivity index (χ2v) is 6.42. The van der Waals surface area contributed by atoms with Crippen LogP contribution in [0.25, 0.3) is 0 Å². The van der Waals surface area contributed by atoms with E-state index in [0.717, 1.165) is 4.72 Å². The molecule has 0 spiro atoms. The molecule has 0 radical (unpaired) electrons. The highest BCUT2D eigenvalue weighted by atomic mass is 32.2. The van der Waals surface area contributed by atoms with Gasteiger partial charge in [-0.2, -0.15) is 21.6 Å². The van der Waals surface area contributed by atoms with Crippen LogP contribution >= 0.6 is 0 Å². The maximum Gasteiger partial charge on any atom is 0.334 e. The summed E-state index contributed by atoms with van der Waals surface area (Å²) in [6, 6.07) is -2.77. The SMILES string of the molecule is O=C[C@H](NS(=O)(=O)O)[C@@](O)([C@H](O)[C@H](O)CO)S(=O)(=O)O. The lowest BCUT2D eigenvalue weighted by Gasteiger charge is -2.35. The molecular weight excluding hydrogens is 326 g/mol. The molecule has 7 N–H and O–H groups in total. The lowest BCUT2D eigenvalue weighted by molar-refractivity contribution is -0.128. The van der Waals surface area contributed by atoms with Crippen LogP contribution in [0.5, 0.6) is 0 Å². The monoisotopic (exact) mass is 339 g/mol. The van der Waals surface area contributed by atoms with Crippen LogP contribution in [-0.4, -0.2) is 82.4 Å². The Balaban J connectivity index is 5.95. The summed E-state index contributed by atoms with van der Waals surface area (Å²) in [6.07, 6.45) is -5.80. The van der Waals surface area contributed by atoms with Crippen molar-refractivity contribution in [2.75, 3.05) is 6.61 Å². The number of hydrogen-bond donors (Lipinski definition) is 7. The number of aliphatic hydroxyl groups excluding tert-OH is 3. The Morgan fingerprint density at radius 1 is 1.15 bits per heavy atom. The molecule has 0 aromatic rings. The van der Waals surface area contributed by atoms with Crippen LogP contribution in [0.15, 0.2) is 0 Å². The standard InChI is InChI=1S/C6H13NO11S2/c8-1-3(10)5(11)6(12,19(13,14)15)4(2-9)7-20(16,17)18/h2-5,7-8,10-12H,1H2,(H,13,14,15)(H,16,17,18)/t3-,4+,5-,6+/m1/s1. The van der Waals surface area contributed by atoms with E-state index in [4.69, 9.17) is 19.3 Å². The van der Waals surface area contributed by atoms with Crippen LogP contribution in [0.3, 0.4) is 0 Å². The van der Waals surface area contributed by atoms with Gasteiger partial charge in [0.15, 0.2) is 0 Å². The lowest BCUT2D eigenvalue weighted by atomic mass is 10.0. The predicted octanol–water partition coefficient (Wildman–Crippen LogP) is -4.76. The minimum atomic E-state index is -5.74. The fraction of sp³-hybridized carbons (Fsp3) is 0.833. The van der Waals surface area contributed by atoms with E-state index in [1.165, 1.54) is 0 Å². The highest BCUT2D eigenvalue weighted by Gasteiger charge is 2.57. The van der Waals surface area contributed by atoms with E-state index < -0.39 is 56.5 Å². The Hall–Kier alpha value is -0.710. The van der Waals surface area contributed by atoms with Gasteiger partial charge in [0.2, 0.25) is 4.93 Å². The molecular formula is C6H13NO11S2. The van der Waals surface area contributed by atoms with Crippen molar-refractivity contribution in [2.24, 2.45) is 0 Å². The van der Waals surface area contributed by atoms with Crippen molar-refractivity contribution in [1.82, 2.24) is 4.72 Å². The molecule has 0 aliphatic carbocycles. The summed E-state index contributed by atoms with van der Waals surface area (Å²) in [4.78, 5) is 6.71. The van der Waals surface area contributed by atoms with E-state index in [2.05, 4.69) is 0 Å². The number of nitrogens with one attached hydrogen (secondary N) is 1. The first-order valence-electron chi connectivity index (χ1n) is 4.67. The number of hydrogen-bond acceptors (Lipinski definition) is 9. The van der Waals surface area contributed by atoms with Gasteiger partial charge in [-0.05, 0) is 0 Å². The molecule has 0 rings (SSSR count). The summed E-state index contributed by atoms with van der Waals surface area (Å²) < 4.78 is 61.5. The highest BCUT2D eigenvalue weighted by molar-refractivity contribution is 7.87. The van der Waals surface area contributed by atoms with Gasteiger partial charge in [-0.3, -0.25) is 9.11 Å². The third-order valence-electron chi connectivity index (χ3n) is 2.25. The van der Waals surface area contributed by atoms with Crippen LogP contribution in [-0.2, 0) is 25.2 Å². The summed E-state index contributed by atoms with van der Waals surface area (Å²) in [7, 11) is -11.0. The van der Waals surface area contributed by atoms with E-state index >= 15 is 0 Å². The quantitative estimate of drug-likeness (QED) is 0.164. The predicted molar refractivity (Wildman–Crippen MR) is 60.1 cm³/mol. The summed E-state index contributed by atoms with van der Waals surface area (Å²) in [6.45, 7) is -1.30. The Kier molecular flexibility index (Phi) is 6.15. The molecule has 12 nitrogen and oxygen atoms in total. The van der Waals surface area contributed by atoms with Gasteiger partial charge in [0.1, 0.15) is 24.5 Å². The van der Waals surface area contributed by atoms with Crippen molar-refractivity contribution in [3.8, 4) is 0 Å². The van der Waals surface area contributed by atoms with Gasteiger partial charge in [0.05, 0.1) is 6.61 Å². The zero-order valence-corrected chi connectivity index (χ0v) is 11.2. The Bertz CT molecular complexity index is 541. The summed E-state index contributed by atoms with van der Waals surface area (Å²) in [5.41, 5.74) is 0. The first kappa shape index (κ1) is 19.3. The fourth-order valence-electron chi connectivity index (χ4n) is 1.24. The van der Waals surface area contributed by atoms with Crippen molar-refractivity contribution >= 4 is 26.7 Å². The molecule has 120 valence electrons. The molecule has 14 heteroatoms. The molecule has 0 aliphatic rings. The molecule has 0 amide bonds. The van der Waals surface area contributed by atoms with Gasteiger partial charge in [0.25, 0.3) is 10.1 Å². The zero-order valence-electron chi connectivity index (χ0n) is 9.56. The molecule has 0 aromatic heterocycles. The smallest absolute Gasteiger partial charge is 0.334 e. The number of aliphatic hydroxyl groups is 4. The maximum absolute atomic E-state index is 11.1. The minimum absolute atomic E-state index is 0.561. The number of carbonyl (C=O) groups excluding carboxylic acids is 1. The van der Waals surface area contributed by atoms with Gasteiger partial charge in [0, 0.05) is 0 Å². The molecule has 0 unspecified atom stereocenters. The van der Waals surface area contributed by atoms with Gasteiger partial charge in [-0.25, -0.2) is 0 Å². The van der Waals surface area contributed by atoms with Crippen molar-refractivity contribution in [3.05, 3.63) is 0 Å². The summed E-state index contributed by atoms with van der Waals surface area (Å²) in [5, 5.41) is 36.7. The summed E-state index contributed by atoms with van der Waals surface area (Å²) in [5.74, 6) is 0. The first-order chi connectivity index (χ1) is 8.81. The third-order valence-corrected chi connectivity index (χ3v) is 4.12.